The number of hydrogen-bond donors (Lipinski definition) is 3. The van der Waals surface area contributed by atoms with Gasteiger partial charge in [0.1, 0.15) is 23.3 Å². The van der Waals surface area contributed by atoms with Crippen molar-refractivity contribution in [3.05, 3.63) is 47.0 Å². The summed E-state index contributed by atoms with van der Waals surface area (Å²) in [6.07, 6.45) is 0. The lowest BCUT2D eigenvalue weighted by molar-refractivity contribution is 0.626. The van der Waals surface area contributed by atoms with Crippen molar-refractivity contribution < 1.29 is 4.39 Å². The van der Waals surface area contributed by atoms with Gasteiger partial charge in [-0.2, -0.15) is 0 Å². The largest absolute Gasteiger partial charge is 0.366 e. The summed E-state index contributed by atoms with van der Waals surface area (Å²) in [7, 11) is 0. The van der Waals surface area contributed by atoms with Gasteiger partial charge in [-0.05, 0) is 31.5 Å². The SMILES string of the molecule is Cc1nc(NN)c(C)c(NCc2cccc(F)c2)n1. The quantitative estimate of drug-likeness (QED) is 0.580. The minimum atomic E-state index is -0.251. The van der Waals surface area contributed by atoms with E-state index in [0.717, 1.165) is 11.1 Å². The topological polar surface area (TPSA) is 75.9 Å². The molecule has 0 saturated heterocycles. The van der Waals surface area contributed by atoms with Gasteiger partial charge in [0.25, 0.3) is 0 Å². The summed E-state index contributed by atoms with van der Waals surface area (Å²) in [6.45, 7) is 4.13. The van der Waals surface area contributed by atoms with Gasteiger partial charge in [-0.1, -0.05) is 12.1 Å². The molecule has 19 heavy (non-hydrogen) atoms. The Balaban J connectivity index is 2.17. The fourth-order valence-corrected chi connectivity index (χ4v) is 1.77. The molecule has 1 heterocycles. The first-order valence-electron chi connectivity index (χ1n) is 5.90. The highest BCUT2D eigenvalue weighted by molar-refractivity contribution is 5.56. The van der Waals surface area contributed by atoms with E-state index in [1.165, 1.54) is 12.1 Å². The van der Waals surface area contributed by atoms with Crippen LogP contribution in [0.25, 0.3) is 0 Å². The molecule has 5 nitrogen and oxygen atoms in total. The Kier molecular flexibility index (Phi) is 3.91. The van der Waals surface area contributed by atoms with E-state index in [4.69, 9.17) is 5.84 Å². The number of aryl methyl sites for hydroxylation is 1. The minimum absolute atomic E-state index is 0.251. The fourth-order valence-electron chi connectivity index (χ4n) is 1.77. The fraction of sp³-hybridized carbons (Fsp3) is 0.231. The van der Waals surface area contributed by atoms with Gasteiger partial charge < -0.3 is 10.7 Å². The molecule has 0 aliphatic carbocycles. The van der Waals surface area contributed by atoms with E-state index in [0.29, 0.717) is 24.0 Å². The second kappa shape index (κ2) is 5.62. The summed E-state index contributed by atoms with van der Waals surface area (Å²) in [5, 5.41) is 3.16. The smallest absolute Gasteiger partial charge is 0.148 e. The van der Waals surface area contributed by atoms with Crippen LogP contribution in [0, 0.1) is 19.7 Å². The van der Waals surface area contributed by atoms with Crippen molar-refractivity contribution >= 4 is 11.6 Å². The molecule has 0 saturated carbocycles. The van der Waals surface area contributed by atoms with Crippen LogP contribution in [0.5, 0.6) is 0 Å². The zero-order chi connectivity index (χ0) is 13.8. The first-order valence-corrected chi connectivity index (χ1v) is 5.90. The van der Waals surface area contributed by atoms with E-state index >= 15 is 0 Å². The van der Waals surface area contributed by atoms with Crippen LogP contribution >= 0.6 is 0 Å². The van der Waals surface area contributed by atoms with E-state index in [-0.39, 0.29) is 5.82 Å². The number of nitrogens with one attached hydrogen (secondary N) is 2. The van der Waals surface area contributed by atoms with Crippen LogP contribution in [0.1, 0.15) is 17.0 Å². The number of halogens is 1. The molecule has 0 unspecified atom stereocenters. The first-order chi connectivity index (χ1) is 9.10. The van der Waals surface area contributed by atoms with Crippen molar-refractivity contribution in [1.82, 2.24) is 9.97 Å². The Hall–Kier alpha value is -2.21. The third kappa shape index (κ3) is 3.17. The standard InChI is InChI=1S/C13H16FN5/c1-8-12(17-9(2)18-13(8)19-15)16-7-10-4-3-5-11(14)6-10/h3-6H,7,15H2,1-2H3,(H2,16,17,18,19). The number of aromatic nitrogens is 2. The Morgan fingerprint density at radius 1 is 1.21 bits per heavy atom. The Morgan fingerprint density at radius 2 is 1.95 bits per heavy atom. The maximum atomic E-state index is 13.1. The van der Waals surface area contributed by atoms with Crippen molar-refractivity contribution in [2.75, 3.05) is 10.7 Å². The zero-order valence-corrected chi connectivity index (χ0v) is 10.9. The molecule has 6 heteroatoms. The number of rotatable bonds is 4. The molecule has 0 amide bonds. The van der Waals surface area contributed by atoms with Gasteiger partial charge in [-0.25, -0.2) is 20.2 Å². The molecule has 0 spiro atoms. The van der Waals surface area contributed by atoms with Crippen molar-refractivity contribution in [1.29, 1.82) is 0 Å². The summed E-state index contributed by atoms with van der Waals surface area (Å²) in [4.78, 5) is 8.48. The van der Waals surface area contributed by atoms with Gasteiger partial charge in [-0.3, -0.25) is 0 Å². The minimum Gasteiger partial charge on any atom is -0.366 e. The van der Waals surface area contributed by atoms with Crippen LogP contribution in [0.3, 0.4) is 0 Å². The van der Waals surface area contributed by atoms with E-state index in [9.17, 15) is 4.39 Å². The van der Waals surface area contributed by atoms with Crippen molar-refractivity contribution in [3.8, 4) is 0 Å². The third-order valence-corrected chi connectivity index (χ3v) is 2.74. The molecule has 0 bridgehead atoms. The van der Waals surface area contributed by atoms with Gasteiger partial charge in [-0.15, -0.1) is 0 Å². The second-order valence-corrected chi connectivity index (χ2v) is 4.22. The van der Waals surface area contributed by atoms with E-state index in [2.05, 4.69) is 20.7 Å². The zero-order valence-electron chi connectivity index (χ0n) is 10.9. The Bertz CT molecular complexity index is 585. The molecule has 4 N–H and O–H groups in total. The number of nitrogens with zero attached hydrogens (tertiary/aromatic N) is 2. The number of hydrogen-bond acceptors (Lipinski definition) is 5. The second-order valence-electron chi connectivity index (χ2n) is 4.22. The van der Waals surface area contributed by atoms with Crippen LogP contribution in [0.2, 0.25) is 0 Å². The molecule has 1 aromatic carbocycles. The summed E-state index contributed by atoms with van der Waals surface area (Å²) >= 11 is 0. The first kappa shape index (κ1) is 13.2. The molecule has 100 valence electrons. The highest BCUT2D eigenvalue weighted by atomic mass is 19.1. The number of benzene rings is 1. The van der Waals surface area contributed by atoms with Crippen LogP contribution < -0.4 is 16.6 Å². The van der Waals surface area contributed by atoms with E-state index in [1.54, 1.807) is 13.0 Å². The number of nitrogens with two attached hydrogens (primary N) is 1. The lowest BCUT2D eigenvalue weighted by Crippen LogP contribution is -2.14. The predicted octanol–water partition coefficient (Wildman–Crippen LogP) is 2.13. The molecule has 1 aromatic heterocycles. The predicted molar refractivity (Wildman–Crippen MR) is 73.0 cm³/mol. The Morgan fingerprint density at radius 3 is 2.63 bits per heavy atom. The average molecular weight is 261 g/mol. The van der Waals surface area contributed by atoms with Gasteiger partial charge in [0.2, 0.25) is 0 Å². The van der Waals surface area contributed by atoms with Crippen molar-refractivity contribution in [2.45, 2.75) is 20.4 Å². The molecule has 0 aliphatic heterocycles. The monoisotopic (exact) mass is 261 g/mol. The summed E-state index contributed by atoms with van der Waals surface area (Å²) in [5.41, 5.74) is 4.20. The highest BCUT2D eigenvalue weighted by Crippen LogP contribution is 2.19. The number of anilines is 2. The lowest BCUT2D eigenvalue weighted by atomic mass is 10.2. The van der Waals surface area contributed by atoms with Crippen LogP contribution in [-0.4, -0.2) is 9.97 Å². The summed E-state index contributed by atoms with van der Waals surface area (Å²) in [6, 6.07) is 6.43. The van der Waals surface area contributed by atoms with Crippen molar-refractivity contribution in [2.24, 2.45) is 5.84 Å². The molecule has 0 fully saturated rings. The van der Waals surface area contributed by atoms with Crippen molar-refractivity contribution in [3.63, 3.8) is 0 Å². The molecule has 2 aromatic rings. The van der Waals surface area contributed by atoms with Crippen LogP contribution in [0.15, 0.2) is 24.3 Å². The maximum absolute atomic E-state index is 13.1. The lowest BCUT2D eigenvalue weighted by Gasteiger charge is -2.12. The number of nitrogen functional groups attached to an aromatic ring is 1. The molecule has 0 atom stereocenters. The molecule has 0 aliphatic rings. The van der Waals surface area contributed by atoms with Gasteiger partial charge in [0.15, 0.2) is 0 Å². The number of hydrazine groups is 1. The van der Waals surface area contributed by atoms with E-state index < -0.39 is 0 Å². The van der Waals surface area contributed by atoms with E-state index in [1.807, 2.05) is 13.0 Å². The summed E-state index contributed by atoms with van der Waals surface area (Å²) < 4.78 is 13.1. The van der Waals surface area contributed by atoms with Crippen LogP contribution in [-0.2, 0) is 6.54 Å². The van der Waals surface area contributed by atoms with Crippen LogP contribution in [0.4, 0.5) is 16.0 Å². The van der Waals surface area contributed by atoms with Gasteiger partial charge >= 0.3 is 0 Å². The molecular formula is C13H16FN5. The van der Waals surface area contributed by atoms with Gasteiger partial charge in [0, 0.05) is 12.1 Å². The Labute approximate surface area is 111 Å². The molecule has 0 radical (unpaired) electrons. The molecular weight excluding hydrogens is 245 g/mol. The maximum Gasteiger partial charge on any atom is 0.148 e. The van der Waals surface area contributed by atoms with Gasteiger partial charge in [0.05, 0.1) is 0 Å². The normalized spacial score (nSPS) is 10.3. The third-order valence-electron chi connectivity index (χ3n) is 2.74. The molecule has 2 rings (SSSR count). The average Bonchev–Trinajstić information content (AvgIpc) is 2.39. The summed E-state index contributed by atoms with van der Waals surface area (Å²) in [5.74, 6) is 7.02. The highest BCUT2D eigenvalue weighted by Gasteiger charge is 2.08.